The fraction of sp³-hybridized carbons (Fsp3) is 0.654. The van der Waals surface area contributed by atoms with E-state index in [4.69, 9.17) is 9.57 Å². The zero-order chi connectivity index (χ0) is 22.1. The van der Waals surface area contributed by atoms with Gasteiger partial charge in [0.1, 0.15) is 0 Å². The smallest absolute Gasteiger partial charge is 0.249 e. The Labute approximate surface area is 192 Å². The van der Waals surface area contributed by atoms with Gasteiger partial charge < -0.3 is 4.74 Å². The Morgan fingerprint density at radius 1 is 1.19 bits per heavy atom. The Kier molecular flexibility index (Phi) is 9.48. The van der Waals surface area contributed by atoms with E-state index in [2.05, 4.69) is 36.3 Å². The van der Waals surface area contributed by atoms with Crippen molar-refractivity contribution in [2.45, 2.75) is 78.1 Å². The Morgan fingerprint density at radius 2 is 1.94 bits per heavy atom. The van der Waals surface area contributed by atoms with Gasteiger partial charge in [-0.15, -0.1) is 0 Å². The topological polar surface area (TPSA) is 47.6 Å². The van der Waals surface area contributed by atoms with Gasteiger partial charge >= 0.3 is 0 Å². The van der Waals surface area contributed by atoms with Gasteiger partial charge in [-0.05, 0) is 67.4 Å². The lowest BCUT2D eigenvalue weighted by Gasteiger charge is -2.27. The number of nitrogens with one attached hydrogen (secondary N) is 1. The van der Waals surface area contributed by atoms with Crippen LogP contribution in [0.3, 0.4) is 0 Å². The largest absolute Gasteiger partial charge is 0.374 e. The maximum Gasteiger partial charge on any atom is 0.249 e. The van der Waals surface area contributed by atoms with Gasteiger partial charge in [0.15, 0.2) is 0 Å². The van der Waals surface area contributed by atoms with E-state index in [0.717, 1.165) is 24.8 Å². The molecule has 31 heavy (non-hydrogen) atoms. The van der Waals surface area contributed by atoms with Crippen molar-refractivity contribution in [2.75, 3.05) is 11.5 Å². The summed E-state index contributed by atoms with van der Waals surface area (Å²) in [6.45, 7) is 6.59. The van der Waals surface area contributed by atoms with Crippen LogP contribution in [0.5, 0.6) is 0 Å². The first-order valence-corrected chi connectivity index (χ1v) is 13.0. The molecule has 2 heterocycles. The summed E-state index contributed by atoms with van der Waals surface area (Å²) in [6.07, 6.45) is 12.1. The Morgan fingerprint density at radius 3 is 2.68 bits per heavy atom. The molecule has 0 aromatic heterocycles. The zero-order valence-electron chi connectivity index (χ0n) is 19.3. The lowest BCUT2D eigenvalue weighted by molar-refractivity contribution is -0.143. The summed E-state index contributed by atoms with van der Waals surface area (Å²) in [5.41, 5.74) is 3.20. The maximum absolute atomic E-state index is 12.5. The molecule has 0 spiro atoms. The second kappa shape index (κ2) is 12.1. The minimum Gasteiger partial charge on any atom is -0.374 e. The predicted molar refractivity (Wildman–Crippen MR) is 129 cm³/mol. The van der Waals surface area contributed by atoms with Crippen LogP contribution in [0.4, 0.5) is 0 Å². The molecule has 2 aliphatic rings. The summed E-state index contributed by atoms with van der Waals surface area (Å²) < 4.78 is 6.23. The Balaban J connectivity index is 1.36. The molecule has 3 rings (SSSR count). The van der Waals surface area contributed by atoms with Crippen LogP contribution < -0.4 is 5.48 Å². The highest BCUT2D eigenvalue weighted by Gasteiger charge is 2.47. The molecule has 0 aliphatic carbocycles. The maximum atomic E-state index is 12.5. The molecule has 0 unspecified atom stereocenters. The van der Waals surface area contributed by atoms with Crippen LogP contribution in [0, 0.1) is 17.3 Å². The van der Waals surface area contributed by atoms with Gasteiger partial charge in [0.25, 0.3) is 0 Å². The SMILES string of the molecule is CCCSC[C@H]1[C@@H](CC=CCCC(C)(C)C(=O)NOCc2ccccc2)[C@H]2CC[C@@H]1O2. The van der Waals surface area contributed by atoms with Gasteiger partial charge in [-0.25, -0.2) is 5.48 Å². The van der Waals surface area contributed by atoms with Crippen molar-refractivity contribution in [2.24, 2.45) is 17.3 Å². The molecule has 2 aliphatic heterocycles. The molecule has 2 saturated heterocycles. The van der Waals surface area contributed by atoms with Crippen LogP contribution in [0.2, 0.25) is 0 Å². The van der Waals surface area contributed by atoms with E-state index in [1.54, 1.807) is 0 Å². The third-order valence-corrected chi connectivity index (χ3v) is 7.94. The van der Waals surface area contributed by atoms with Gasteiger partial charge in [-0.3, -0.25) is 9.63 Å². The standard InChI is InChI=1S/C26H39NO3S/c1-4-17-31-19-22-21(23-14-15-24(22)30-23)13-9-6-10-16-26(2,3)25(28)27-29-18-20-11-7-5-8-12-20/h5-9,11-12,21-24H,4,10,13-19H2,1-3H3,(H,27,28)/t21-,22+,23-,24+/m1/s1. The first-order valence-electron chi connectivity index (χ1n) is 11.9. The second-order valence-corrected chi connectivity index (χ2v) is 10.7. The van der Waals surface area contributed by atoms with Crippen molar-refractivity contribution < 1.29 is 14.4 Å². The van der Waals surface area contributed by atoms with Crippen LogP contribution in [0.1, 0.15) is 64.9 Å². The monoisotopic (exact) mass is 445 g/mol. The van der Waals surface area contributed by atoms with Crippen LogP contribution in [0.25, 0.3) is 0 Å². The minimum absolute atomic E-state index is 0.0636. The molecule has 5 heteroatoms. The van der Waals surface area contributed by atoms with Gasteiger partial charge in [0, 0.05) is 5.41 Å². The number of fused-ring (bicyclic) bond motifs is 2. The van der Waals surface area contributed by atoms with Gasteiger partial charge in [-0.2, -0.15) is 11.8 Å². The minimum atomic E-state index is -0.462. The Hall–Kier alpha value is -1.30. The molecule has 172 valence electrons. The van der Waals surface area contributed by atoms with E-state index < -0.39 is 5.41 Å². The molecule has 2 fully saturated rings. The number of hydrogen-bond acceptors (Lipinski definition) is 4. The molecule has 0 saturated carbocycles. The van der Waals surface area contributed by atoms with Crippen molar-refractivity contribution in [3.05, 3.63) is 48.0 Å². The lowest BCUT2D eigenvalue weighted by atomic mass is 9.78. The first-order chi connectivity index (χ1) is 15.0. The predicted octanol–water partition coefficient (Wildman–Crippen LogP) is 5.92. The summed E-state index contributed by atoms with van der Waals surface area (Å²) in [7, 11) is 0. The number of hydrogen-bond donors (Lipinski definition) is 1. The van der Waals surface area contributed by atoms with Crippen LogP contribution in [-0.4, -0.2) is 29.6 Å². The van der Waals surface area contributed by atoms with Crippen molar-refractivity contribution >= 4 is 17.7 Å². The van der Waals surface area contributed by atoms with E-state index in [1.807, 2.05) is 44.2 Å². The Bertz CT molecular complexity index is 706. The molecular formula is C26H39NO3S. The van der Waals surface area contributed by atoms with Gasteiger partial charge in [0.2, 0.25) is 5.91 Å². The van der Waals surface area contributed by atoms with Crippen molar-refractivity contribution in [3.8, 4) is 0 Å². The number of allylic oxidation sites excluding steroid dienone is 2. The fourth-order valence-corrected chi connectivity index (χ4v) is 5.81. The number of amides is 1. The summed E-state index contributed by atoms with van der Waals surface area (Å²) in [5, 5.41) is 0. The molecule has 1 amide bonds. The highest BCUT2D eigenvalue weighted by atomic mass is 32.2. The van der Waals surface area contributed by atoms with Gasteiger partial charge in [-0.1, -0.05) is 63.3 Å². The molecule has 1 N–H and O–H groups in total. The number of thioether (sulfide) groups is 1. The number of ether oxygens (including phenoxy) is 1. The summed E-state index contributed by atoms with van der Waals surface area (Å²) >= 11 is 2.09. The number of carbonyl (C=O) groups excluding carboxylic acids is 1. The molecular weight excluding hydrogens is 406 g/mol. The molecule has 1 aromatic rings. The molecule has 2 bridgehead atoms. The molecule has 4 nitrogen and oxygen atoms in total. The van der Waals surface area contributed by atoms with E-state index >= 15 is 0 Å². The average Bonchev–Trinajstić information content (AvgIpc) is 3.36. The quantitative estimate of drug-likeness (QED) is 0.232. The number of carbonyl (C=O) groups is 1. The molecule has 4 atom stereocenters. The summed E-state index contributed by atoms with van der Waals surface area (Å²) in [5.74, 6) is 3.81. The fourth-order valence-electron chi connectivity index (χ4n) is 4.62. The third-order valence-electron chi connectivity index (χ3n) is 6.62. The van der Waals surface area contributed by atoms with Crippen LogP contribution in [0.15, 0.2) is 42.5 Å². The highest BCUT2D eigenvalue weighted by molar-refractivity contribution is 7.99. The highest BCUT2D eigenvalue weighted by Crippen LogP contribution is 2.46. The number of rotatable bonds is 13. The van der Waals surface area contributed by atoms with Crippen LogP contribution in [-0.2, 0) is 21.0 Å². The average molecular weight is 446 g/mol. The molecule has 0 radical (unpaired) electrons. The lowest BCUT2D eigenvalue weighted by Crippen LogP contribution is -2.36. The second-order valence-electron chi connectivity index (χ2n) is 9.53. The summed E-state index contributed by atoms with van der Waals surface area (Å²) in [4.78, 5) is 17.9. The molecule has 1 aromatic carbocycles. The van der Waals surface area contributed by atoms with Crippen molar-refractivity contribution in [1.82, 2.24) is 5.48 Å². The van der Waals surface area contributed by atoms with E-state index in [-0.39, 0.29) is 5.91 Å². The van der Waals surface area contributed by atoms with Crippen molar-refractivity contribution in [3.63, 3.8) is 0 Å². The van der Waals surface area contributed by atoms with E-state index in [0.29, 0.717) is 30.7 Å². The summed E-state index contributed by atoms with van der Waals surface area (Å²) in [6, 6.07) is 9.86. The third kappa shape index (κ3) is 7.10. The zero-order valence-corrected chi connectivity index (χ0v) is 20.2. The first kappa shape index (κ1) is 24.3. The van der Waals surface area contributed by atoms with E-state index in [9.17, 15) is 4.79 Å². The van der Waals surface area contributed by atoms with Crippen molar-refractivity contribution in [1.29, 1.82) is 0 Å². The number of hydroxylamine groups is 1. The number of benzene rings is 1. The van der Waals surface area contributed by atoms with Gasteiger partial charge in [0.05, 0.1) is 18.8 Å². The van der Waals surface area contributed by atoms with Crippen LogP contribution >= 0.6 is 11.8 Å². The normalized spacial score (nSPS) is 25.4. The van der Waals surface area contributed by atoms with E-state index in [1.165, 1.54) is 30.8 Å².